The lowest BCUT2D eigenvalue weighted by Crippen LogP contribution is -2.57. The molecule has 0 aliphatic heterocycles. The van der Waals surface area contributed by atoms with Gasteiger partial charge in [0.15, 0.2) is 0 Å². The first kappa shape index (κ1) is 30.9. The Labute approximate surface area is 239 Å². The van der Waals surface area contributed by atoms with Crippen molar-refractivity contribution in [3.8, 4) is 0 Å². The molecular formula is C30H37N5O6. The van der Waals surface area contributed by atoms with E-state index in [4.69, 9.17) is 9.47 Å². The predicted octanol–water partition coefficient (Wildman–Crippen LogP) is 2.48. The smallest absolute Gasteiger partial charge is 0.407 e. The van der Waals surface area contributed by atoms with Gasteiger partial charge in [-0.1, -0.05) is 74.0 Å². The number of esters is 1. The van der Waals surface area contributed by atoms with E-state index < -0.39 is 42.0 Å². The van der Waals surface area contributed by atoms with E-state index in [1.807, 2.05) is 67.6 Å². The summed E-state index contributed by atoms with van der Waals surface area (Å²) < 4.78 is 10.1. The fourth-order valence-corrected chi connectivity index (χ4v) is 4.10. The lowest BCUT2D eigenvalue weighted by Gasteiger charge is -2.25. The highest BCUT2D eigenvalue weighted by Gasteiger charge is 2.31. The van der Waals surface area contributed by atoms with Crippen LogP contribution in [0.2, 0.25) is 0 Å². The maximum absolute atomic E-state index is 13.6. The number of hydrogen-bond acceptors (Lipinski definition) is 7. The van der Waals surface area contributed by atoms with E-state index >= 15 is 0 Å². The quantitative estimate of drug-likeness (QED) is 0.164. The molecule has 0 unspecified atom stereocenters. The first-order valence-corrected chi connectivity index (χ1v) is 13.6. The van der Waals surface area contributed by atoms with Gasteiger partial charge in [0, 0.05) is 25.5 Å². The number of alkyl carbamates (subject to hydrolysis) is 1. The number of methoxy groups -OCH3 is 1. The molecule has 0 aliphatic rings. The highest BCUT2D eigenvalue weighted by atomic mass is 16.5. The Balaban J connectivity index is 1.80. The van der Waals surface area contributed by atoms with Crippen LogP contribution in [0.3, 0.4) is 0 Å². The van der Waals surface area contributed by atoms with Crippen LogP contribution in [-0.4, -0.2) is 65.7 Å². The number of nitrogens with one attached hydrogen (secondary N) is 4. The van der Waals surface area contributed by atoms with Crippen LogP contribution in [0.1, 0.15) is 36.6 Å². The van der Waals surface area contributed by atoms with Gasteiger partial charge < -0.3 is 30.4 Å². The number of carbonyl (C=O) groups excluding carboxylic acids is 4. The number of hydrogen-bond donors (Lipinski definition) is 4. The molecule has 0 saturated heterocycles. The van der Waals surface area contributed by atoms with Crippen molar-refractivity contribution >= 4 is 23.9 Å². The molecule has 3 amide bonds. The average molecular weight is 564 g/mol. The normalized spacial score (nSPS) is 12.8. The third-order valence-corrected chi connectivity index (χ3v) is 6.31. The summed E-state index contributed by atoms with van der Waals surface area (Å²) in [4.78, 5) is 59.0. The lowest BCUT2D eigenvalue weighted by molar-refractivity contribution is -0.145. The summed E-state index contributed by atoms with van der Waals surface area (Å²) in [7, 11) is 1.23. The maximum Gasteiger partial charge on any atom is 0.407 e. The molecule has 0 saturated carbocycles. The maximum atomic E-state index is 13.6. The molecule has 1 heterocycles. The molecule has 3 atom stereocenters. The molecule has 2 aromatic carbocycles. The van der Waals surface area contributed by atoms with Crippen LogP contribution in [-0.2, 0) is 43.1 Å². The van der Waals surface area contributed by atoms with Crippen LogP contribution in [0.25, 0.3) is 0 Å². The fraction of sp³-hybridized carbons (Fsp3) is 0.367. The summed E-state index contributed by atoms with van der Waals surface area (Å²) in [6.07, 6.45) is 4.33. The van der Waals surface area contributed by atoms with Crippen molar-refractivity contribution in [1.29, 1.82) is 0 Å². The van der Waals surface area contributed by atoms with Gasteiger partial charge in [0.2, 0.25) is 11.8 Å². The Morgan fingerprint density at radius 2 is 1.37 bits per heavy atom. The molecule has 4 N–H and O–H groups in total. The van der Waals surface area contributed by atoms with Crippen LogP contribution in [0, 0.1) is 0 Å². The Hall–Kier alpha value is -4.67. The van der Waals surface area contributed by atoms with Crippen molar-refractivity contribution in [2.75, 3.05) is 13.7 Å². The second kappa shape index (κ2) is 16.4. The number of aromatic nitrogens is 2. The van der Waals surface area contributed by atoms with E-state index in [2.05, 4.69) is 25.9 Å². The van der Waals surface area contributed by atoms with Gasteiger partial charge >= 0.3 is 12.1 Å². The van der Waals surface area contributed by atoms with Gasteiger partial charge in [0.25, 0.3) is 0 Å². The predicted molar refractivity (Wildman–Crippen MR) is 152 cm³/mol. The minimum Gasteiger partial charge on any atom is -0.467 e. The minimum atomic E-state index is -1.06. The lowest BCUT2D eigenvalue weighted by atomic mass is 10.0. The van der Waals surface area contributed by atoms with Crippen molar-refractivity contribution in [2.45, 2.75) is 57.2 Å². The molecule has 0 bridgehead atoms. The Kier molecular flexibility index (Phi) is 12.4. The number of ether oxygens (including phenoxy) is 2. The molecule has 11 nitrogen and oxygen atoms in total. The molecule has 0 spiro atoms. The van der Waals surface area contributed by atoms with Crippen molar-refractivity contribution in [2.24, 2.45) is 0 Å². The SMILES string of the molecule is CCCCOC(=O)N[C@@H](Cc1ccccc1)C(=O)N[C@@H](Cc1ccccc1)C(=O)N[C@@H](Cc1c[nH]cn1)C(=O)OC. The minimum absolute atomic E-state index is 0.0930. The molecule has 1 aromatic heterocycles. The molecule has 3 aromatic rings. The summed E-state index contributed by atoms with van der Waals surface area (Å²) in [5.41, 5.74) is 2.16. The second-order valence-electron chi connectivity index (χ2n) is 9.48. The Morgan fingerprint density at radius 1 is 0.805 bits per heavy atom. The molecule has 0 aliphatic carbocycles. The summed E-state index contributed by atoms with van der Waals surface area (Å²) in [6, 6.07) is 15.3. The Bertz CT molecular complexity index is 1240. The van der Waals surface area contributed by atoms with Crippen LogP contribution in [0.5, 0.6) is 0 Å². The van der Waals surface area contributed by atoms with Crippen molar-refractivity contribution in [3.05, 3.63) is 90.0 Å². The van der Waals surface area contributed by atoms with Gasteiger partial charge in [-0.15, -0.1) is 0 Å². The standard InChI is InChI=1S/C30H37N5O6/c1-3-4-15-41-30(39)35-25(17-22-13-9-6-10-14-22)28(37)33-24(16-21-11-7-5-8-12-21)27(36)34-26(29(38)40-2)18-23-19-31-20-32-23/h5-14,19-20,24-26H,3-4,15-18H2,1-2H3,(H,31,32)(H,33,37)(H,34,36)(H,35,39)/t24-,25-,26-/m0/s1. The number of carbonyl (C=O) groups is 4. The van der Waals surface area contributed by atoms with Crippen molar-refractivity contribution in [1.82, 2.24) is 25.9 Å². The van der Waals surface area contributed by atoms with E-state index in [1.165, 1.54) is 13.4 Å². The first-order chi connectivity index (χ1) is 19.9. The summed E-state index contributed by atoms with van der Waals surface area (Å²) >= 11 is 0. The van der Waals surface area contributed by atoms with Crippen molar-refractivity contribution in [3.63, 3.8) is 0 Å². The zero-order valence-electron chi connectivity index (χ0n) is 23.3. The number of H-pyrrole nitrogens is 1. The molecule has 0 radical (unpaired) electrons. The Morgan fingerprint density at radius 3 is 1.88 bits per heavy atom. The van der Waals surface area contributed by atoms with E-state index in [1.54, 1.807) is 6.20 Å². The topological polar surface area (TPSA) is 152 Å². The van der Waals surface area contributed by atoms with Gasteiger partial charge in [-0.2, -0.15) is 0 Å². The van der Waals surface area contributed by atoms with Gasteiger partial charge in [-0.05, 0) is 17.5 Å². The van der Waals surface area contributed by atoms with Gasteiger partial charge in [0.1, 0.15) is 18.1 Å². The monoisotopic (exact) mass is 563 g/mol. The number of unbranched alkanes of at least 4 members (excludes halogenated alkanes) is 1. The fourth-order valence-electron chi connectivity index (χ4n) is 4.10. The number of aromatic amines is 1. The molecular weight excluding hydrogens is 526 g/mol. The van der Waals surface area contributed by atoms with Gasteiger partial charge in [-0.25, -0.2) is 14.6 Å². The van der Waals surface area contributed by atoms with Crippen molar-refractivity contribution < 1.29 is 28.7 Å². The number of benzene rings is 2. The van der Waals surface area contributed by atoms with E-state index in [0.29, 0.717) is 12.1 Å². The van der Waals surface area contributed by atoms with E-state index in [0.717, 1.165) is 17.5 Å². The number of rotatable bonds is 15. The first-order valence-electron chi connectivity index (χ1n) is 13.6. The zero-order chi connectivity index (χ0) is 29.5. The van der Waals surface area contributed by atoms with Crippen LogP contribution < -0.4 is 16.0 Å². The summed E-state index contributed by atoms with van der Waals surface area (Å²) in [5.74, 6) is -1.80. The van der Waals surface area contributed by atoms with Crippen LogP contribution in [0.4, 0.5) is 4.79 Å². The molecule has 3 rings (SSSR count). The number of nitrogens with zero attached hydrogens (tertiary/aromatic N) is 1. The molecule has 41 heavy (non-hydrogen) atoms. The summed E-state index contributed by atoms with van der Waals surface area (Å²) in [6.45, 7) is 2.20. The van der Waals surface area contributed by atoms with Crippen LogP contribution in [0.15, 0.2) is 73.2 Å². The zero-order valence-corrected chi connectivity index (χ0v) is 23.3. The number of imidazole rings is 1. The average Bonchev–Trinajstić information content (AvgIpc) is 3.50. The molecule has 218 valence electrons. The van der Waals surface area contributed by atoms with E-state index in [9.17, 15) is 19.2 Å². The van der Waals surface area contributed by atoms with Crippen LogP contribution >= 0.6 is 0 Å². The number of amides is 3. The van der Waals surface area contributed by atoms with E-state index in [-0.39, 0.29) is 25.9 Å². The highest BCUT2D eigenvalue weighted by molar-refractivity contribution is 5.93. The largest absolute Gasteiger partial charge is 0.467 e. The third kappa shape index (κ3) is 10.4. The highest BCUT2D eigenvalue weighted by Crippen LogP contribution is 2.09. The second-order valence-corrected chi connectivity index (χ2v) is 9.48. The van der Waals surface area contributed by atoms with Gasteiger partial charge in [0.05, 0.1) is 25.7 Å². The third-order valence-electron chi connectivity index (χ3n) is 6.31. The van der Waals surface area contributed by atoms with Gasteiger partial charge in [-0.3, -0.25) is 9.59 Å². The molecule has 11 heteroatoms. The molecule has 0 fully saturated rings. The summed E-state index contributed by atoms with van der Waals surface area (Å²) in [5, 5.41) is 8.13.